The molecule has 190 valence electrons. The third-order valence-corrected chi connectivity index (χ3v) is 7.06. The highest BCUT2D eigenvalue weighted by Crippen LogP contribution is 2.28. The van der Waals surface area contributed by atoms with Gasteiger partial charge in [0.15, 0.2) is 0 Å². The van der Waals surface area contributed by atoms with Crippen LogP contribution in [0.3, 0.4) is 0 Å². The van der Waals surface area contributed by atoms with Crippen molar-refractivity contribution in [3.8, 4) is 5.69 Å². The normalized spacial score (nSPS) is 11.4. The van der Waals surface area contributed by atoms with Gasteiger partial charge in [0.2, 0.25) is 0 Å². The molecule has 0 fully saturated rings. The topological polar surface area (TPSA) is 68.4 Å². The fourth-order valence-electron chi connectivity index (χ4n) is 4.95. The number of nitrogens with zero attached hydrogens (tertiary/aromatic N) is 3. The van der Waals surface area contributed by atoms with Gasteiger partial charge in [0, 0.05) is 24.4 Å². The summed E-state index contributed by atoms with van der Waals surface area (Å²) in [6.45, 7) is 1.81. The Kier molecular flexibility index (Phi) is 6.13. The molecule has 1 amide bonds. The van der Waals surface area contributed by atoms with Gasteiger partial charge in [-0.15, -0.1) is 0 Å². The number of aliphatic imine (C=N–C) groups is 1. The van der Waals surface area contributed by atoms with Crippen molar-refractivity contribution in [2.75, 3.05) is 5.32 Å². The number of fused-ring (bicyclic) bond motifs is 2. The fraction of sp³-hybridized carbons (Fsp3) is 0.0606. The highest BCUT2D eigenvalue weighted by atomic mass is 16.2. The number of nitrogens with one attached hydrogen (secondary N) is 1. The molecule has 6 heteroatoms. The Morgan fingerprint density at radius 2 is 1.44 bits per heavy atom. The highest BCUT2D eigenvalue weighted by molar-refractivity contribution is 6.13. The Balaban J connectivity index is 1.32. The summed E-state index contributed by atoms with van der Waals surface area (Å²) in [5.41, 5.74) is 3.45. The van der Waals surface area contributed by atoms with Crippen LogP contribution in [-0.2, 0) is 7.05 Å². The number of aromatic nitrogens is 2. The van der Waals surface area contributed by atoms with Crippen molar-refractivity contribution in [3.05, 3.63) is 136 Å². The van der Waals surface area contributed by atoms with Gasteiger partial charge in [0.25, 0.3) is 11.5 Å². The van der Waals surface area contributed by atoms with E-state index in [0.29, 0.717) is 16.9 Å². The first-order valence-electron chi connectivity index (χ1n) is 12.7. The van der Waals surface area contributed by atoms with Gasteiger partial charge in [0.1, 0.15) is 5.69 Å². The van der Waals surface area contributed by atoms with E-state index >= 15 is 0 Å². The monoisotopic (exact) mass is 510 g/mol. The number of carbonyl (C=O) groups is 1. The van der Waals surface area contributed by atoms with Crippen LogP contribution in [0.1, 0.15) is 21.6 Å². The van der Waals surface area contributed by atoms with E-state index in [2.05, 4.69) is 35.6 Å². The number of para-hydroxylation sites is 1. The quantitative estimate of drug-likeness (QED) is 0.205. The molecule has 0 atom stereocenters. The van der Waals surface area contributed by atoms with Crippen LogP contribution in [-0.4, -0.2) is 21.5 Å². The van der Waals surface area contributed by atoms with Crippen molar-refractivity contribution in [1.29, 1.82) is 0 Å². The lowest BCUT2D eigenvalue weighted by Crippen LogP contribution is -2.22. The van der Waals surface area contributed by atoms with E-state index in [1.165, 1.54) is 0 Å². The predicted molar refractivity (Wildman–Crippen MR) is 159 cm³/mol. The molecular formula is C33H26N4O2. The zero-order chi connectivity index (χ0) is 26.9. The van der Waals surface area contributed by atoms with E-state index in [4.69, 9.17) is 4.99 Å². The van der Waals surface area contributed by atoms with Gasteiger partial charge >= 0.3 is 0 Å². The van der Waals surface area contributed by atoms with Gasteiger partial charge in [-0.1, -0.05) is 72.8 Å². The minimum Gasteiger partial charge on any atom is -0.316 e. The summed E-state index contributed by atoms with van der Waals surface area (Å²) in [5.74, 6) is -0.367. The number of hydrogen-bond donors (Lipinski definition) is 1. The molecule has 0 saturated heterocycles. The number of benzene rings is 5. The van der Waals surface area contributed by atoms with E-state index in [0.717, 1.165) is 32.8 Å². The molecule has 0 unspecified atom stereocenters. The van der Waals surface area contributed by atoms with Crippen molar-refractivity contribution in [1.82, 2.24) is 9.36 Å². The molecule has 1 aromatic heterocycles. The minimum absolute atomic E-state index is 0.252. The van der Waals surface area contributed by atoms with E-state index in [1.54, 1.807) is 34.6 Å². The SMILES string of the molecule is Cc1c(NC(=O)c2cccc(N=Cc3c4ccccc4cc4ccccc34)c2)c(=O)n(-c2ccccc2)n1C. The first-order valence-corrected chi connectivity index (χ1v) is 12.7. The number of amides is 1. The lowest BCUT2D eigenvalue weighted by molar-refractivity contribution is 0.102. The Morgan fingerprint density at radius 3 is 2.13 bits per heavy atom. The summed E-state index contributed by atoms with van der Waals surface area (Å²) in [6.07, 6.45) is 1.86. The zero-order valence-electron chi connectivity index (χ0n) is 21.6. The predicted octanol–water partition coefficient (Wildman–Crippen LogP) is 6.79. The highest BCUT2D eigenvalue weighted by Gasteiger charge is 2.19. The molecule has 0 radical (unpaired) electrons. The molecular weight excluding hydrogens is 484 g/mol. The number of carbonyl (C=O) groups excluding carboxylic acids is 1. The average molecular weight is 511 g/mol. The smallest absolute Gasteiger partial charge is 0.295 e. The van der Waals surface area contributed by atoms with Crippen LogP contribution < -0.4 is 10.9 Å². The standard InChI is InChI=1S/C33H26N4O2/c1-22-31(33(39)37(36(22)2)27-15-4-3-5-16-27)35-32(38)25-13-10-14-26(20-25)34-21-30-28-17-8-6-11-23(28)19-24-12-7-9-18-29(24)30/h3-21H,1-2H3,(H,35,38). The van der Waals surface area contributed by atoms with Crippen LogP contribution in [0, 0.1) is 6.92 Å². The van der Waals surface area contributed by atoms with Crippen molar-refractivity contribution < 1.29 is 4.79 Å². The summed E-state index contributed by atoms with van der Waals surface area (Å²) in [4.78, 5) is 31.2. The molecule has 5 aromatic carbocycles. The maximum Gasteiger partial charge on any atom is 0.295 e. The van der Waals surface area contributed by atoms with Crippen LogP contribution in [0.25, 0.3) is 27.2 Å². The maximum atomic E-state index is 13.2. The van der Waals surface area contributed by atoms with E-state index in [9.17, 15) is 9.59 Å². The Morgan fingerprint density at radius 1 is 0.795 bits per heavy atom. The first-order chi connectivity index (χ1) is 19.0. The third kappa shape index (κ3) is 4.42. The second-order valence-electron chi connectivity index (χ2n) is 9.43. The van der Waals surface area contributed by atoms with Crippen LogP contribution in [0.15, 0.2) is 119 Å². The summed E-state index contributed by atoms with van der Waals surface area (Å²) in [5, 5.41) is 7.35. The molecule has 0 aliphatic carbocycles. The van der Waals surface area contributed by atoms with Gasteiger partial charge in [-0.3, -0.25) is 19.3 Å². The number of rotatable bonds is 5. The van der Waals surface area contributed by atoms with Crippen LogP contribution >= 0.6 is 0 Å². The fourth-order valence-corrected chi connectivity index (χ4v) is 4.95. The molecule has 1 N–H and O–H groups in total. The number of hydrogen-bond acceptors (Lipinski definition) is 3. The second kappa shape index (κ2) is 9.91. The van der Waals surface area contributed by atoms with Crippen molar-refractivity contribution in [2.24, 2.45) is 12.0 Å². The Hall–Kier alpha value is -5.23. The van der Waals surface area contributed by atoms with Crippen molar-refractivity contribution >= 4 is 45.0 Å². The van der Waals surface area contributed by atoms with Gasteiger partial charge in [-0.25, -0.2) is 4.68 Å². The van der Waals surface area contributed by atoms with E-state index < -0.39 is 0 Å². The summed E-state index contributed by atoms with van der Waals surface area (Å²) in [7, 11) is 1.80. The van der Waals surface area contributed by atoms with Crippen LogP contribution in [0.2, 0.25) is 0 Å². The van der Waals surface area contributed by atoms with Crippen molar-refractivity contribution in [2.45, 2.75) is 6.92 Å². The Labute approximate surface area is 225 Å². The Bertz CT molecular complexity index is 1890. The molecule has 6 rings (SSSR count). The molecule has 0 aliphatic rings. The molecule has 6 nitrogen and oxygen atoms in total. The second-order valence-corrected chi connectivity index (χ2v) is 9.43. The first kappa shape index (κ1) is 24.1. The average Bonchev–Trinajstić information content (AvgIpc) is 3.18. The summed E-state index contributed by atoms with van der Waals surface area (Å²) < 4.78 is 3.28. The molecule has 39 heavy (non-hydrogen) atoms. The number of anilines is 1. The molecule has 0 aliphatic heterocycles. The largest absolute Gasteiger partial charge is 0.316 e. The molecule has 0 bridgehead atoms. The molecule has 1 heterocycles. The molecule has 6 aromatic rings. The molecule has 0 spiro atoms. The minimum atomic E-state index is -0.367. The van der Waals surface area contributed by atoms with Crippen LogP contribution in [0.4, 0.5) is 11.4 Å². The van der Waals surface area contributed by atoms with Gasteiger partial charge in [0.05, 0.1) is 17.1 Å². The van der Waals surface area contributed by atoms with Gasteiger partial charge < -0.3 is 5.32 Å². The van der Waals surface area contributed by atoms with Gasteiger partial charge in [-0.2, -0.15) is 0 Å². The molecule has 0 saturated carbocycles. The van der Waals surface area contributed by atoms with Gasteiger partial charge in [-0.05, 0) is 64.9 Å². The summed E-state index contributed by atoms with van der Waals surface area (Å²) in [6, 6.07) is 35.1. The third-order valence-electron chi connectivity index (χ3n) is 7.06. The summed E-state index contributed by atoms with van der Waals surface area (Å²) >= 11 is 0. The lowest BCUT2D eigenvalue weighted by atomic mass is 9.97. The van der Waals surface area contributed by atoms with Crippen molar-refractivity contribution in [3.63, 3.8) is 0 Å². The van der Waals surface area contributed by atoms with E-state index in [-0.39, 0.29) is 17.2 Å². The van der Waals surface area contributed by atoms with E-state index in [1.807, 2.05) is 73.8 Å². The maximum absolute atomic E-state index is 13.2. The van der Waals surface area contributed by atoms with Crippen LogP contribution in [0.5, 0.6) is 0 Å². The lowest BCUT2D eigenvalue weighted by Gasteiger charge is -2.08. The zero-order valence-corrected chi connectivity index (χ0v) is 21.6.